The van der Waals surface area contributed by atoms with Crippen LogP contribution in [0, 0.1) is 16.7 Å². The predicted molar refractivity (Wildman–Crippen MR) is 58.9 cm³/mol. The van der Waals surface area contributed by atoms with E-state index in [1.807, 2.05) is 0 Å². The lowest BCUT2D eigenvalue weighted by Crippen LogP contribution is -2.40. The Morgan fingerprint density at radius 2 is 1.79 bits per heavy atom. The van der Waals surface area contributed by atoms with Crippen molar-refractivity contribution in [2.45, 2.75) is 52.5 Å². The highest BCUT2D eigenvalue weighted by atomic mass is 15.2. The molecule has 1 heterocycles. The van der Waals surface area contributed by atoms with Gasteiger partial charge in [-0.15, -0.1) is 0 Å². The van der Waals surface area contributed by atoms with Gasteiger partial charge in [-0.05, 0) is 37.8 Å². The fourth-order valence-corrected chi connectivity index (χ4v) is 2.07. The van der Waals surface area contributed by atoms with Crippen LogP contribution < -0.4 is 0 Å². The molecule has 1 fully saturated rings. The number of nitriles is 1. The van der Waals surface area contributed by atoms with Crippen LogP contribution in [-0.4, -0.2) is 24.0 Å². The molecule has 0 bridgehead atoms. The van der Waals surface area contributed by atoms with Gasteiger partial charge >= 0.3 is 0 Å². The van der Waals surface area contributed by atoms with Crippen molar-refractivity contribution in [2.75, 3.05) is 13.1 Å². The van der Waals surface area contributed by atoms with E-state index < -0.39 is 0 Å². The molecule has 0 aliphatic carbocycles. The molecule has 0 spiro atoms. The Morgan fingerprint density at radius 3 is 2.21 bits per heavy atom. The van der Waals surface area contributed by atoms with Crippen molar-refractivity contribution in [3.63, 3.8) is 0 Å². The van der Waals surface area contributed by atoms with Gasteiger partial charge in [-0.25, -0.2) is 0 Å². The molecule has 0 N–H and O–H groups in total. The van der Waals surface area contributed by atoms with Crippen molar-refractivity contribution in [1.82, 2.24) is 4.90 Å². The van der Waals surface area contributed by atoms with Crippen molar-refractivity contribution in [1.29, 1.82) is 5.26 Å². The summed E-state index contributed by atoms with van der Waals surface area (Å²) < 4.78 is 0. The van der Waals surface area contributed by atoms with E-state index in [9.17, 15) is 0 Å². The van der Waals surface area contributed by atoms with E-state index in [1.54, 1.807) is 0 Å². The lowest BCUT2D eigenvalue weighted by Gasteiger charge is -2.33. The summed E-state index contributed by atoms with van der Waals surface area (Å²) in [4.78, 5) is 2.36. The summed E-state index contributed by atoms with van der Waals surface area (Å²) in [5, 5.41) is 9.15. The van der Waals surface area contributed by atoms with Gasteiger partial charge in [-0.2, -0.15) is 5.26 Å². The van der Waals surface area contributed by atoms with Crippen LogP contribution in [0.1, 0.15) is 46.5 Å². The van der Waals surface area contributed by atoms with Gasteiger partial charge in [-0.1, -0.05) is 27.2 Å². The fourth-order valence-electron chi connectivity index (χ4n) is 2.07. The van der Waals surface area contributed by atoms with Gasteiger partial charge in [0.25, 0.3) is 0 Å². The van der Waals surface area contributed by atoms with E-state index in [-0.39, 0.29) is 11.5 Å². The van der Waals surface area contributed by atoms with Gasteiger partial charge in [0.15, 0.2) is 0 Å². The van der Waals surface area contributed by atoms with E-state index in [0.717, 1.165) is 19.5 Å². The first-order valence-electron chi connectivity index (χ1n) is 5.66. The molecule has 1 rings (SSSR count). The molecule has 0 aromatic rings. The third-order valence-corrected chi connectivity index (χ3v) is 2.79. The minimum Gasteiger partial charge on any atom is -0.288 e. The Morgan fingerprint density at radius 1 is 1.21 bits per heavy atom. The Kier molecular flexibility index (Phi) is 3.95. The summed E-state index contributed by atoms with van der Waals surface area (Å²) >= 11 is 0. The van der Waals surface area contributed by atoms with Crippen LogP contribution in [0.4, 0.5) is 0 Å². The Bertz CT molecular complexity index is 203. The molecule has 80 valence electrons. The molecule has 2 heteroatoms. The molecular formula is C12H22N2. The predicted octanol–water partition coefficient (Wildman–Crippen LogP) is 2.80. The molecule has 0 amide bonds. The zero-order valence-corrected chi connectivity index (χ0v) is 9.71. The quantitative estimate of drug-likeness (QED) is 0.676. The Hall–Kier alpha value is -0.550. The van der Waals surface area contributed by atoms with Crippen LogP contribution in [0.2, 0.25) is 0 Å². The lowest BCUT2D eigenvalue weighted by molar-refractivity contribution is 0.157. The average molecular weight is 194 g/mol. The smallest absolute Gasteiger partial charge is 0.0982 e. The first-order valence-corrected chi connectivity index (χ1v) is 5.66. The van der Waals surface area contributed by atoms with Crippen LogP contribution in [0.5, 0.6) is 0 Å². The van der Waals surface area contributed by atoms with Crippen molar-refractivity contribution in [3.8, 4) is 6.07 Å². The van der Waals surface area contributed by atoms with E-state index in [2.05, 4.69) is 31.7 Å². The highest BCUT2D eigenvalue weighted by Crippen LogP contribution is 2.25. The molecule has 1 aliphatic rings. The molecule has 14 heavy (non-hydrogen) atoms. The number of piperidine rings is 1. The number of rotatable bonds is 2. The van der Waals surface area contributed by atoms with Crippen LogP contribution >= 0.6 is 0 Å². The lowest BCUT2D eigenvalue weighted by atomic mass is 9.87. The molecule has 1 aliphatic heterocycles. The Balaban J connectivity index is 2.49. The zero-order valence-electron chi connectivity index (χ0n) is 9.71. The maximum atomic E-state index is 9.15. The Labute approximate surface area is 87.9 Å². The molecular weight excluding hydrogens is 172 g/mol. The number of nitrogens with zero attached hydrogens (tertiary/aromatic N) is 2. The molecule has 0 aromatic heterocycles. The molecule has 1 atom stereocenters. The van der Waals surface area contributed by atoms with Crippen molar-refractivity contribution in [2.24, 2.45) is 5.41 Å². The highest BCUT2D eigenvalue weighted by Gasteiger charge is 2.25. The standard InChI is InChI=1S/C12H22N2/c1-12(2,3)9-11(10-13)14-7-5-4-6-8-14/h11H,4-9H2,1-3H3. The molecule has 1 unspecified atom stereocenters. The highest BCUT2D eigenvalue weighted by molar-refractivity contribution is 4.95. The second kappa shape index (κ2) is 4.79. The summed E-state index contributed by atoms with van der Waals surface area (Å²) in [5.41, 5.74) is 0.262. The minimum absolute atomic E-state index is 0.135. The van der Waals surface area contributed by atoms with E-state index in [4.69, 9.17) is 5.26 Å². The molecule has 0 saturated carbocycles. The van der Waals surface area contributed by atoms with Gasteiger partial charge in [0.05, 0.1) is 12.1 Å². The number of hydrogen-bond donors (Lipinski definition) is 0. The third kappa shape index (κ3) is 3.67. The van der Waals surface area contributed by atoms with Crippen LogP contribution in [0.15, 0.2) is 0 Å². The van der Waals surface area contributed by atoms with Gasteiger partial charge in [0, 0.05) is 0 Å². The average Bonchev–Trinajstić information content (AvgIpc) is 2.14. The van der Waals surface area contributed by atoms with Crippen molar-refractivity contribution < 1.29 is 0 Å². The SMILES string of the molecule is CC(C)(C)CC(C#N)N1CCCCC1. The second-order valence-corrected chi connectivity index (χ2v) is 5.51. The molecule has 2 nitrogen and oxygen atoms in total. The maximum Gasteiger partial charge on any atom is 0.0982 e. The molecule has 1 saturated heterocycles. The van der Waals surface area contributed by atoms with E-state index in [0.29, 0.717) is 0 Å². The van der Waals surface area contributed by atoms with E-state index >= 15 is 0 Å². The normalized spacial score (nSPS) is 21.6. The fraction of sp³-hybridized carbons (Fsp3) is 0.917. The van der Waals surface area contributed by atoms with Gasteiger partial charge in [0.2, 0.25) is 0 Å². The van der Waals surface area contributed by atoms with E-state index in [1.165, 1.54) is 19.3 Å². The maximum absolute atomic E-state index is 9.15. The minimum atomic E-state index is 0.135. The summed E-state index contributed by atoms with van der Waals surface area (Å²) in [5.74, 6) is 0. The summed E-state index contributed by atoms with van der Waals surface area (Å²) in [6, 6.07) is 2.59. The van der Waals surface area contributed by atoms with Crippen LogP contribution in [0.25, 0.3) is 0 Å². The zero-order chi connectivity index (χ0) is 10.6. The molecule has 0 radical (unpaired) electrons. The van der Waals surface area contributed by atoms with Crippen LogP contribution in [0.3, 0.4) is 0 Å². The van der Waals surface area contributed by atoms with Gasteiger partial charge < -0.3 is 0 Å². The number of likely N-dealkylation sites (tertiary alicyclic amines) is 1. The third-order valence-electron chi connectivity index (χ3n) is 2.79. The topological polar surface area (TPSA) is 27.0 Å². The summed E-state index contributed by atoms with van der Waals surface area (Å²) in [6.45, 7) is 8.87. The largest absolute Gasteiger partial charge is 0.288 e. The van der Waals surface area contributed by atoms with Crippen molar-refractivity contribution in [3.05, 3.63) is 0 Å². The van der Waals surface area contributed by atoms with Gasteiger partial charge in [0.1, 0.15) is 0 Å². The number of hydrogen-bond acceptors (Lipinski definition) is 2. The second-order valence-electron chi connectivity index (χ2n) is 5.51. The van der Waals surface area contributed by atoms with Crippen molar-refractivity contribution >= 4 is 0 Å². The van der Waals surface area contributed by atoms with Gasteiger partial charge in [-0.3, -0.25) is 4.90 Å². The monoisotopic (exact) mass is 194 g/mol. The van der Waals surface area contributed by atoms with Crippen LogP contribution in [-0.2, 0) is 0 Å². The molecule has 0 aromatic carbocycles. The first kappa shape index (κ1) is 11.5. The first-order chi connectivity index (χ1) is 6.53. The summed E-state index contributed by atoms with van der Waals surface area (Å²) in [6.07, 6.45) is 4.86. The summed E-state index contributed by atoms with van der Waals surface area (Å²) in [7, 11) is 0.